The van der Waals surface area contributed by atoms with E-state index in [1.807, 2.05) is 38.1 Å². The molecule has 1 fully saturated rings. The second-order valence-electron chi connectivity index (χ2n) is 7.96. The number of aromatic nitrogens is 1. The number of nitrogens with one attached hydrogen (secondary N) is 1. The van der Waals surface area contributed by atoms with Gasteiger partial charge in [0.05, 0.1) is 18.7 Å². The Hall–Kier alpha value is -2.99. The maximum absolute atomic E-state index is 6.21. The third kappa shape index (κ3) is 5.20. The van der Waals surface area contributed by atoms with Gasteiger partial charge in [0.25, 0.3) is 0 Å². The molecule has 0 radical (unpaired) electrons. The van der Waals surface area contributed by atoms with Crippen molar-refractivity contribution in [2.24, 2.45) is 0 Å². The van der Waals surface area contributed by atoms with E-state index in [0.29, 0.717) is 36.4 Å². The highest BCUT2D eigenvalue weighted by atomic mass is 16.5. The first-order chi connectivity index (χ1) is 15.2. The van der Waals surface area contributed by atoms with Crippen LogP contribution in [-0.2, 0) is 6.54 Å². The molecule has 0 aliphatic carbocycles. The molecule has 4 rings (SSSR count). The number of rotatable bonds is 8. The zero-order valence-corrected chi connectivity index (χ0v) is 18.4. The topological polar surface area (TPSA) is 72.6 Å². The molecule has 1 aliphatic rings. The molecule has 0 atom stereocenters. The van der Waals surface area contributed by atoms with E-state index in [1.54, 1.807) is 0 Å². The van der Waals surface area contributed by atoms with Crippen molar-refractivity contribution in [3.8, 4) is 11.5 Å². The van der Waals surface area contributed by atoms with Gasteiger partial charge in [-0.1, -0.05) is 18.2 Å². The Bertz CT molecular complexity index is 988. The largest absolute Gasteiger partial charge is 0.492 e. The second kappa shape index (κ2) is 9.88. The van der Waals surface area contributed by atoms with Gasteiger partial charge in [-0.15, -0.1) is 0 Å². The molecule has 0 unspecified atom stereocenters. The molecule has 2 aromatic carbocycles. The number of para-hydroxylation sites is 1. The first-order valence-electron chi connectivity index (χ1n) is 11.2. The number of ether oxygens (including phenoxy) is 2. The number of nitrogens with two attached hydrogens (primary N) is 1. The van der Waals surface area contributed by atoms with Gasteiger partial charge >= 0.3 is 0 Å². The lowest BCUT2D eigenvalue weighted by Crippen LogP contribution is -2.38. The van der Waals surface area contributed by atoms with Crippen LogP contribution in [0.4, 0.5) is 11.5 Å². The highest BCUT2D eigenvalue weighted by Gasteiger charge is 2.20. The summed E-state index contributed by atoms with van der Waals surface area (Å²) in [4.78, 5) is 7.23. The summed E-state index contributed by atoms with van der Waals surface area (Å²) in [5.41, 5.74) is 8.99. The van der Waals surface area contributed by atoms with Crippen LogP contribution in [0.2, 0.25) is 0 Å². The van der Waals surface area contributed by atoms with Crippen LogP contribution in [0.25, 0.3) is 10.9 Å². The third-order valence-corrected chi connectivity index (χ3v) is 5.71. The Balaban J connectivity index is 1.36. The molecule has 1 aromatic heterocycles. The molecule has 3 aromatic rings. The Morgan fingerprint density at radius 2 is 1.68 bits per heavy atom. The van der Waals surface area contributed by atoms with E-state index >= 15 is 0 Å². The maximum Gasteiger partial charge on any atom is 0.146 e. The number of nitrogen functional groups attached to an aromatic ring is 1. The molecule has 3 N–H and O–H groups in total. The minimum Gasteiger partial charge on any atom is -0.492 e. The summed E-state index contributed by atoms with van der Waals surface area (Å²) in [5.74, 6) is 2.38. The van der Waals surface area contributed by atoms with Gasteiger partial charge in [0.2, 0.25) is 0 Å². The van der Waals surface area contributed by atoms with Crippen molar-refractivity contribution in [3.63, 3.8) is 0 Å². The van der Waals surface area contributed by atoms with Crippen LogP contribution < -0.4 is 20.5 Å². The number of anilines is 2. The average Bonchev–Trinajstić information content (AvgIpc) is 2.78. The third-order valence-electron chi connectivity index (χ3n) is 5.71. The molecule has 2 heterocycles. The van der Waals surface area contributed by atoms with Gasteiger partial charge in [-0.2, -0.15) is 0 Å². The van der Waals surface area contributed by atoms with Gasteiger partial charge in [0.1, 0.15) is 23.0 Å². The lowest BCUT2D eigenvalue weighted by atomic mass is 10.0. The SMILES string of the molecule is CCOc1cc(CN2CCC(Nc3ccc4ccccc4n3)CC2)cc(OCC)c1N. The van der Waals surface area contributed by atoms with Crippen molar-refractivity contribution in [2.75, 3.05) is 37.4 Å². The number of pyridine rings is 1. The normalized spacial score (nSPS) is 15.2. The number of fused-ring (bicyclic) bond motifs is 1. The fraction of sp³-hybridized carbons (Fsp3) is 0.400. The zero-order valence-electron chi connectivity index (χ0n) is 18.4. The van der Waals surface area contributed by atoms with E-state index < -0.39 is 0 Å². The molecular weight excluding hydrogens is 388 g/mol. The second-order valence-corrected chi connectivity index (χ2v) is 7.96. The van der Waals surface area contributed by atoms with Crippen molar-refractivity contribution in [1.29, 1.82) is 0 Å². The predicted molar refractivity (Wildman–Crippen MR) is 127 cm³/mol. The van der Waals surface area contributed by atoms with Gasteiger partial charge in [0, 0.05) is 31.1 Å². The summed E-state index contributed by atoms with van der Waals surface area (Å²) >= 11 is 0. The highest BCUT2D eigenvalue weighted by molar-refractivity contribution is 5.80. The number of likely N-dealkylation sites (tertiary alicyclic amines) is 1. The Morgan fingerprint density at radius 3 is 2.35 bits per heavy atom. The molecule has 1 aliphatic heterocycles. The van der Waals surface area contributed by atoms with E-state index in [9.17, 15) is 0 Å². The molecule has 6 heteroatoms. The van der Waals surface area contributed by atoms with Crippen molar-refractivity contribution in [2.45, 2.75) is 39.3 Å². The van der Waals surface area contributed by atoms with E-state index in [4.69, 9.17) is 20.2 Å². The molecule has 1 saturated heterocycles. The Morgan fingerprint density at radius 1 is 1.00 bits per heavy atom. The van der Waals surface area contributed by atoms with Crippen LogP contribution in [0.1, 0.15) is 32.3 Å². The predicted octanol–water partition coefficient (Wildman–Crippen LogP) is 4.69. The van der Waals surface area contributed by atoms with Crippen molar-refractivity contribution >= 4 is 22.4 Å². The lowest BCUT2D eigenvalue weighted by molar-refractivity contribution is 0.210. The van der Waals surface area contributed by atoms with Crippen LogP contribution in [-0.4, -0.2) is 42.2 Å². The molecule has 0 bridgehead atoms. The summed E-state index contributed by atoms with van der Waals surface area (Å²) in [6, 6.07) is 17.0. The van der Waals surface area contributed by atoms with Crippen molar-refractivity contribution in [1.82, 2.24) is 9.88 Å². The molecule has 0 saturated carbocycles. The van der Waals surface area contributed by atoms with Crippen LogP contribution in [0.15, 0.2) is 48.5 Å². The summed E-state index contributed by atoms with van der Waals surface area (Å²) in [6.45, 7) is 8.02. The quantitative estimate of drug-likeness (QED) is 0.515. The monoisotopic (exact) mass is 420 g/mol. The van der Waals surface area contributed by atoms with Gasteiger partial charge in [-0.05, 0) is 62.6 Å². The number of nitrogens with zero attached hydrogens (tertiary/aromatic N) is 2. The van der Waals surface area contributed by atoms with Gasteiger partial charge in [0.15, 0.2) is 0 Å². The molecular formula is C25H32N4O2. The first-order valence-corrected chi connectivity index (χ1v) is 11.2. The molecule has 6 nitrogen and oxygen atoms in total. The van der Waals surface area contributed by atoms with Crippen LogP contribution in [0.5, 0.6) is 11.5 Å². The number of benzene rings is 2. The van der Waals surface area contributed by atoms with Crippen molar-refractivity contribution in [3.05, 3.63) is 54.1 Å². The summed E-state index contributed by atoms with van der Waals surface area (Å²) in [6.07, 6.45) is 2.17. The molecule has 0 amide bonds. The van der Waals surface area contributed by atoms with E-state index in [2.05, 4.69) is 34.5 Å². The molecule has 31 heavy (non-hydrogen) atoms. The molecule has 0 spiro atoms. The number of hydrogen-bond acceptors (Lipinski definition) is 6. The van der Waals surface area contributed by atoms with E-state index in [1.165, 1.54) is 10.9 Å². The van der Waals surface area contributed by atoms with E-state index in [-0.39, 0.29) is 0 Å². The fourth-order valence-electron chi connectivity index (χ4n) is 4.15. The minimum atomic E-state index is 0.439. The zero-order chi connectivity index (χ0) is 21.6. The number of hydrogen-bond donors (Lipinski definition) is 2. The summed E-state index contributed by atoms with van der Waals surface area (Å²) in [7, 11) is 0. The number of piperidine rings is 1. The molecule has 164 valence electrons. The highest BCUT2D eigenvalue weighted by Crippen LogP contribution is 2.34. The first kappa shape index (κ1) is 21.2. The maximum atomic E-state index is 6.21. The average molecular weight is 421 g/mol. The van der Waals surface area contributed by atoms with Gasteiger partial charge < -0.3 is 20.5 Å². The van der Waals surface area contributed by atoms with Crippen LogP contribution >= 0.6 is 0 Å². The summed E-state index contributed by atoms with van der Waals surface area (Å²) < 4.78 is 11.5. The van der Waals surface area contributed by atoms with Gasteiger partial charge in [-0.25, -0.2) is 4.98 Å². The van der Waals surface area contributed by atoms with E-state index in [0.717, 1.165) is 43.8 Å². The van der Waals surface area contributed by atoms with Crippen molar-refractivity contribution < 1.29 is 9.47 Å². The smallest absolute Gasteiger partial charge is 0.146 e. The standard InChI is InChI=1S/C25H32N4O2/c1-3-30-22-15-18(16-23(25(22)26)31-4-2)17-29-13-11-20(12-14-29)27-24-10-9-19-7-5-6-8-21(19)28-24/h5-10,15-16,20H,3-4,11-14,17,26H2,1-2H3,(H,27,28). The lowest BCUT2D eigenvalue weighted by Gasteiger charge is -2.32. The van der Waals surface area contributed by atoms with Gasteiger partial charge in [-0.3, -0.25) is 4.90 Å². The minimum absolute atomic E-state index is 0.439. The Labute approximate surface area is 184 Å². The fourth-order valence-corrected chi connectivity index (χ4v) is 4.15. The Kier molecular flexibility index (Phi) is 6.77. The van der Waals surface area contributed by atoms with Crippen LogP contribution in [0, 0.1) is 0 Å². The van der Waals surface area contributed by atoms with Crippen LogP contribution in [0.3, 0.4) is 0 Å². The summed E-state index contributed by atoms with van der Waals surface area (Å²) in [5, 5.41) is 4.79.